The molecule has 0 amide bonds. The molecule has 1 N–H and O–H groups in total. The predicted molar refractivity (Wildman–Crippen MR) is 137 cm³/mol. The minimum absolute atomic E-state index is 0. The summed E-state index contributed by atoms with van der Waals surface area (Å²) in [6.07, 6.45) is 6.22. The molecule has 0 saturated heterocycles. The van der Waals surface area contributed by atoms with E-state index in [0.717, 1.165) is 49.8 Å². The molecule has 2 saturated carbocycles. The first kappa shape index (κ1) is 26.4. The first-order chi connectivity index (χ1) is 15.8. The Morgan fingerprint density at radius 3 is 2.41 bits per heavy atom. The second-order valence-electron chi connectivity index (χ2n) is 10.0. The normalized spacial score (nSPS) is 22.7. The van der Waals surface area contributed by atoms with Crippen LogP contribution in [-0.4, -0.2) is 30.5 Å². The highest BCUT2D eigenvalue weighted by molar-refractivity contribution is 7.59. The molecule has 0 spiro atoms. The van der Waals surface area contributed by atoms with Crippen molar-refractivity contribution in [1.29, 1.82) is 0 Å². The summed E-state index contributed by atoms with van der Waals surface area (Å²) in [6.45, 7) is 3.99. The average Bonchev–Trinajstić information content (AvgIpc) is 3.63. The molecule has 2 aromatic carbocycles. The molecule has 2 fully saturated rings. The third-order valence-corrected chi connectivity index (χ3v) is 7.57. The molecule has 0 aromatic heterocycles. The zero-order chi connectivity index (χ0) is 23.6. The van der Waals surface area contributed by atoms with E-state index < -0.39 is 17.6 Å². The lowest BCUT2D eigenvalue weighted by Crippen LogP contribution is -2.38. The highest BCUT2D eigenvalue weighted by Gasteiger charge is 2.50. The van der Waals surface area contributed by atoms with Gasteiger partial charge in [-0.05, 0) is 111 Å². The highest BCUT2D eigenvalue weighted by atomic mass is 32.1. The van der Waals surface area contributed by atoms with E-state index in [9.17, 15) is 9.90 Å². The summed E-state index contributed by atoms with van der Waals surface area (Å²) < 4.78 is 26.6. The number of aliphatic carboxylic acids is 1. The molecule has 2 aliphatic carbocycles. The Morgan fingerprint density at radius 1 is 1.09 bits per heavy atom. The van der Waals surface area contributed by atoms with Gasteiger partial charge in [0.2, 0.25) is 5.67 Å². The first-order valence-electron chi connectivity index (χ1n) is 12.1. The molecule has 34 heavy (non-hydrogen) atoms. The summed E-state index contributed by atoms with van der Waals surface area (Å²) in [5, 5.41) is 9.43. The van der Waals surface area contributed by atoms with E-state index in [1.807, 2.05) is 30.3 Å². The number of halogens is 1. The Bertz CT molecular complexity index is 980. The fourth-order valence-electron chi connectivity index (χ4n) is 5.43. The van der Waals surface area contributed by atoms with Gasteiger partial charge in [-0.2, -0.15) is 13.5 Å². The lowest BCUT2D eigenvalue weighted by atomic mass is 9.78. The van der Waals surface area contributed by atoms with Crippen LogP contribution in [0.3, 0.4) is 0 Å². The van der Waals surface area contributed by atoms with Gasteiger partial charge < -0.3 is 14.6 Å². The molecule has 4 rings (SSSR count). The molecule has 0 aliphatic heterocycles. The van der Waals surface area contributed by atoms with Crippen molar-refractivity contribution in [2.24, 2.45) is 11.8 Å². The van der Waals surface area contributed by atoms with Crippen molar-refractivity contribution in [1.82, 2.24) is 0 Å². The Kier molecular flexibility index (Phi) is 8.56. The number of methoxy groups -OCH3 is 1. The van der Waals surface area contributed by atoms with Crippen LogP contribution in [0.15, 0.2) is 42.5 Å². The van der Waals surface area contributed by atoms with Gasteiger partial charge in [-0.15, -0.1) is 0 Å². The second kappa shape index (κ2) is 11.0. The number of benzene rings is 2. The topological polar surface area (TPSA) is 55.8 Å². The highest BCUT2D eigenvalue weighted by Crippen LogP contribution is 2.50. The monoisotopic (exact) mass is 488 g/mol. The maximum absolute atomic E-state index is 15.1. The Hall–Kier alpha value is -2.21. The van der Waals surface area contributed by atoms with Gasteiger partial charge in [0.1, 0.15) is 11.5 Å². The van der Waals surface area contributed by atoms with E-state index in [2.05, 4.69) is 19.1 Å². The minimum atomic E-state index is -2.28. The van der Waals surface area contributed by atoms with Crippen molar-refractivity contribution >= 4 is 19.5 Å². The van der Waals surface area contributed by atoms with Crippen LogP contribution in [0.4, 0.5) is 4.39 Å². The average molecular weight is 489 g/mol. The Labute approximate surface area is 209 Å². The van der Waals surface area contributed by atoms with E-state index in [4.69, 9.17) is 9.47 Å². The summed E-state index contributed by atoms with van der Waals surface area (Å²) in [5.41, 5.74) is 1.15. The van der Waals surface area contributed by atoms with Crippen molar-refractivity contribution in [3.8, 4) is 11.5 Å². The number of carboxylic acid groups (broad SMARTS) is 1. The molecule has 2 aliphatic rings. The fraction of sp³-hybridized carbons (Fsp3) is 0.536. The molecular weight excluding hydrogens is 451 g/mol. The van der Waals surface area contributed by atoms with Gasteiger partial charge in [0.25, 0.3) is 0 Å². The number of carboxylic acids is 1. The molecule has 2 aromatic rings. The number of rotatable bonds is 9. The standard InChI is InChI=1S/C28H35FO4.H2S/c1-18-7-14-23(32-3)16-25(18)20-10-8-19(9-11-20)17-33-24-6-4-5-22(15-24)26(21-12-13-21)28(2,29)27(30)31;/h4-7,14-16,19-21,26H,8-13,17H2,1-3H3,(H,30,31);1H2/t19?,20?,26-,28?;/m0./s1. The van der Waals surface area contributed by atoms with Crippen molar-refractivity contribution in [2.75, 3.05) is 13.7 Å². The van der Waals surface area contributed by atoms with E-state index in [0.29, 0.717) is 24.2 Å². The van der Waals surface area contributed by atoms with Gasteiger partial charge in [0.05, 0.1) is 13.7 Å². The van der Waals surface area contributed by atoms with Crippen molar-refractivity contribution in [3.63, 3.8) is 0 Å². The third-order valence-electron chi connectivity index (χ3n) is 7.57. The zero-order valence-corrected chi connectivity index (χ0v) is 21.4. The number of ether oxygens (including phenoxy) is 2. The van der Waals surface area contributed by atoms with Gasteiger partial charge in [0.15, 0.2) is 0 Å². The predicted octanol–water partition coefficient (Wildman–Crippen LogP) is 6.78. The van der Waals surface area contributed by atoms with Crippen LogP contribution in [0.1, 0.15) is 74.0 Å². The van der Waals surface area contributed by atoms with Crippen LogP contribution in [0.25, 0.3) is 0 Å². The number of alkyl halides is 1. The van der Waals surface area contributed by atoms with E-state index >= 15 is 4.39 Å². The SMILES string of the molecule is COc1ccc(C)c(C2CCC(COc3cccc([C@H](C4CC4)C(C)(F)C(=O)O)c3)CC2)c1.S. The minimum Gasteiger partial charge on any atom is -0.497 e. The third kappa shape index (κ3) is 5.88. The van der Waals surface area contributed by atoms with Gasteiger partial charge in [-0.3, -0.25) is 0 Å². The molecule has 0 bridgehead atoms. The van der Waals surface area contributed by atoms with Crippen LogP contribution in [0.5, 0.6) is 11.5 Å². The summed E-state index contributed by atoms with van der Waals surface area (Å²) in [7, 11) is 1.71. The van der Waals surface area contributed by atoms with Gasteiger partial charge >= 0.3 is 5.97 Å². The summed E-state index contributed by atoms with van der Waals surface area (Å²) >= 11 is 0. The second-order valence-corrected chi connectivity index (χ2v) is 10.0. The van der Waals surface area contributed by atoms with E-state index in [-0.39, 0.29) is 19.4 Å². The summed E-state index contributed by atoms with van der Waals surface area (Å²) in [5.74, 6) is 0.705. The first-order valence-corrected chi connectivity index (χ1v) is 12.1. The number of carbonyl (C=O) groups is 1. The molecule has 1 unspecified atom stereocenters. The Morgan fingerprint density at radius 2 is 1.79 bits per heavy atom. The maximum Gasteiger partial charge on any atom is 0.341 e. The largest absolute Gasteiger partial charge is 0.497 e. The fourth-order valence-corrected chi connectivity index (χ4v) is 5.43. The summed E-state index contributed by atoms with van der Waals surface area (Å²) in [6, 6.07) is 13.7. The van der Waals surface area contributed by atoms with Crippen molar-refractivity contribution in [2.45, 2.75) is 69.9 Å². The molecule has 0 radical (unpaired) electrons. The lowest BCUT2D eigenvalue weighted by Gasteiger charge is -2.30. The number of hydrogen-bond acceptors (Lipinski definition) is 3. The molecule has 186 valence electrons. The molecule has 6 heteroatoms. The van der Waals surface area contributed by atoms with E-state index in [1.54, 1.807) is 7.11 Å². The van der Waals surface area contributed by atoms with Crippen LogP contribution in [-0.2, 0) is 4.79 Å². The number of hydrogen-bond donors (Lipinski definition) is 1. The van der Waals surface area contributed by atoms with Crippen molar-refractivity contribution < 1.29 is 23.8 Å². The smallest absolute Gasteiger partial charge is 0.341 e. The van der Waals surface area contributed by atoms with Crippen LogP contribution in [0, 0.1) is 18.8 Å². The van der Waals surface area contributed by atoms with Crippen LogP contribution < -0.4 is 9.47 Å². The molecule has 4 nitrogen and oxygen atoms in total. The van der Waals surface area contributed by atoms with Gasteiger partial charge in [-0.1, -0.05) is 18.2 Å². The maximum atomic E-state index is 15.1. The molecule has 2 atom stereocenters. The molecular formula is C28H37FO4S. The summed E-state index contributed by atoms with van der Waals surface area (Å²) in [4.78, 5) is 11.6. The van der Waals surface area contributed by atoms with Gasteiger partial charge in [0, 0.05) is 5.92 Å². The zero-order valence-electron chi connectivity index (χ0n) is 20.4. The van der Waals surface area contributed by atoms with Gasteiger partial charge in [-0.25, -0.2) is 9.18 Å². The van der Waals surface area contributed by atoms with E-state index in [1.165, 1.54) is 18.1 Å². The molecule has 0 heterocycles. The Balaban J connectivity index is 0.00000324. The van der Waals surface area contributed by atoms with Crippen molar-refractivity contribution in [3.05, 3.63) is 59.2 Å². The lowest BCUT2D eigenvalue weighted by molar-refractivity contribution is -0.151. The number of aryl methyl sites for hydroxylation is 1. The van der Waals surface area contributed by atoms with Crippen LogP contribution in [0.2, 0.25) is 0 Å². The van der Waals surface area contributed by atoms with Crippen LogP contribution >= 0.6 is 13.5 Å². The quantitative estimate of drug-likeness (QED) is 0.423.